The normalized spacial score (nSPS) is 11.1. The van der Waals surface area contributed by atoms with E-state index < -0.39 is 0 Å². The van der Waals surface area contributed by atoms with Gasteiger partial charge in [0.1, 0.15) is 11.0 Å². The van der Waals surface area contributed by atoms with Gasteiger partial charge in [-0.1, -0.05) is 29.8 Å². The van der Waals surface area contributed by atoms with E-state index in [1.54, 1.807) is 6.07 Å². The summed E-state index contributed by atoms with van der Waals surface area (Å²) >= 11 is 8.20. The molecule has 18 heavy (non-hydrogen) atoms. The summed E-state index contributed by atoms with van der Waals surface area (Å²) in [7, 11) is 0. The molecule has 0 spiro atoms. The maximum absolute atomic E-state index is 5.92. The predicted molar refractivity (Wildman–Crippen MR) is 78.7 cm³/mol. The van der Waals surface area contributed by atoms with Gasteiger partial charge in [-0.3, -0.25) is 4.40 Å². The SMILES string of the molecule is Cc1nc(Cl)cc2nnc(-c3ccccc3I)n12. The van der Waals surface area contributed by atoms with Gasteiger partial charge in [-0.15, -0.1) is 10.2 Å². The molecular weight excluding hydrogens is 363 g/mol. The molecule has 0 radical (unpaired) electrons. The molecule has 3 aromatic rings. The van der Waals surface area contributed by atoms with Crippen molar-refractivity contribution in [1.82, 2.24) is 19.6 Å². The zero-order valence-corrected chi connectivity index (χ0v) is 12.3. The molecule has 0 atom stereocenters. The van der Waals surface area contributed by atoms with Crippen LogP contribution in [-0.4, -0.2) is 19.6 Å². The van der Waals surface area contributed by atoms with Gasteiger partial charge in [-0.05, 0) is 35.6 Å². The number of hydrogen-bond acceptors (Lipinski definition) is 3. The Hall–Kier alpha value is -1.21. The molecule has 90 valence electrons. The van der Waals surface area contributed by atoms with E-state index in [0.717, 1.165) is 20.8 Å². The van der Waals surface area contributed by atoms with Crippen molar-refractivity contribution >= 4 is 39.8 Å². The van der Waals surface area contributed by atoms with Crippen LogP contribution in [0.25, 0.3) is 17.0 Å². The summed E-state index contributed by atoms with van der Waals surface area (Å²) in [5.41, 5.74) is 1.75. The Morgan fingerprint density at radius 3 is 2.78 bits per heavy atom. The fourth-order valence-corrected chi connectivity index (χ4v) is 2.72. The van der Waals surface area contributed by atoms with E-state index in [2.05, 4.69) is 37.8 Å². The van der Waals surface area contributed by atoms with Crippen LogP contribution in [0.4, 0.5) is 0 Å². The number of fused-ring (bicyclic) bond motifs is 1. The first-order valence-electron chi connectivity index (χ1n) is 5.30. The third-order valence-corrected chi connectivity index (χ3v) is 3.78. The van der Waals surface area contributed by atoms with Crippen molar-refractivity contribution in [1.29, 1.82) is 0 Å². The monoisotopic (exact) mass is 370 g/mol. The number of aromatic nitrogens is 4. The van der Waals surface area contributed by atoms with Gasteiger partial charge in [-0.2, -0.15) is 0 Å². The first kappa shape index (κ1) is 11.9. The molecule has 0 aliphatic heterocycles. The summed E-state index contributed by atoms with van der Waals surface area (Å²) in [6.07, 6.45) is 0. The van der Waals surface area contributed by atoms with E-state index >= 15 is 0 Å². The average Bonchev–Trinajstić information content (AvgIpc) is 2.73. The fourth-order valence-electron chi connectivity index (χ4n) is 1.87. The van der Waals surface area contributed by atoms with Gasteiger partial charge in [0.15, 0.2) is 11.5 Å². The van der Waals surface area contributed by atoms with Crippen LogP contribution in [0.3, 0.4) is 0 Å². The van der Waals surface area contributed by atoms with Crippen molar-refractivity contribution in [3.8, 4) is 11.4 Å². The van der Waals surface area contributed by atoms with Crippen LogP contribution in [0.15, 0.2) is 30.3 Å². The Kier molecular flexibility index (Phi) is 2.95. The second-order valence-corrected chi connectivity index (χ2v) is 5.37. The van der Waals surface area contributed by atoms with Gasteiger partial charge in [0, 0.05) is 15.2 Å². The minimum absolute atomic E-state index is 0.432. The molecule has 3 rings (SSSR count). The summed E-state index contributed by atoms with van der Waals surface area (Å²) in [6.45, 7) is 1.89. The minimum atomic E-state index is 0.432. The van der Waals surface area contributed by atoms with Crippen molar-refractivity contribution in [2.24, 2.45) is 0 Å². The molecule has 0 saturated carbocycles. The Morgan fingerprint density at radius 1 is 1.22 bits per heavy atom. The second kappa shape index (κ2) is 4.47. The maximum Gasteiger partial charge on any atom is 0.170 e. The van der Waals surface area contributed by atoms with E-state index in [1.165, 1.54) is 0 Å². The van der Waals surface area contributed by atoms with Gasteiger partial charge in [0.05, 0.1) is 0 Å². The molecule has 2 heterocycles. The molecular formula is C12H8ClIN4. The number of benzene rings is 1. The van der Waals surface area contributed by atoms with Gasteiger partial charge < -0.3 is 0 Å². The number of halogens is 2. The molecule has 0 bridgehead atoms. The van der Waals surface area contributed by atoms with Crippen molar-refractivity contribution in [3.63, 3.8) is 0 Å². The molecule has 4 nitrogen and oxygen atoms in total. The Balaban J connectivity index is 2.35. The van der Waals surface area contributed by atoms with Gasteiger partial charge in [0.2, 0.25) is 0 Å². The molecule has 0 aliphatic rings. The maximum atomic E-state index is 5.92. The highest BCUT2D eigenvalue weighted by Gasteiger charge is 2.13. The number of hydrogen-bond donors (Lipinski definition) is 0. The minimum Gasteiger partial charge on any atom is -0.263 e. The first-order valence-corrected chi connectivity index (χ1v) is 6.75. The summed E-state index contributed by atoms with van der Waals surface area (Å²) in [6, 6.07) is 9.75. The van der Waals surface area contributed by atoms with Crippen molar-refractivity contribution in [3.05, 3.63) is 44.9 Å². The van der Waals surface area contributed by atoms with Gasteiger partial charge >= 0.3 is 0 Å². The zero-order chi connectivity index (χ0) is 12.7. The summed E-state index contributed by atoms with van der Waals surface area (Å²) < 4.78 is 3.03. The van der Waals surface area contributed by atoms with Gasteiger partial charge in [0.25, 0.3) is 0 Å². The molecule has 0 aliphatic carbocycles. The quantitative estimate of drug-likeness (QED) is 0.487. The first-order chi connectivity index (χ1) is 8.66. The van der Waals surface area contributed by atoms with Crippen LogP contribution in [-0.2, 0) is 0 Å². The van der Waals surface area contributed by atoms with E-state index in [9.17, 15) is 0 Å². The van der Waals surface area contributed by atoms with E-state index in [0.29, 0.717) is 10.8 Å². The highest BCUT2D eigenvalue weighted by atomic mass is 127. The number of rotatable bonds is 1. The summed E-state index contributed by atoms with van der Waals surface area (Å²) in [5.74, 6) is 1.56. The fraction of sp³-hybridized carbons (Fsp3) is 0.0833. The van der Waals surface area contributed by atoms with Crippen LogP contribution in [0, 0.1) is 10.5 Å². The summed E-state index contributed by atoms with van der Waals surface area (Å²) in [5, 5.41) is 8.81. The molecule has 0 fully saturated rings. The molecule has 0 N–H and O–H groups in total. The highest BCUT2D eigenvalue weighted by Crippen LogP contribution is 2.25. The number of aryl methyl sites for hydroxylation is 1. The lowest BCUT2D eigenvalue weighted by atomic mass is 10.2. The molecule has 0 saturated heterocycles. The topological polar surface area (TPSA) is 43.1 Å². The molecule has 0 unspecified atom stereocenters. The standard InChI is InChI=1S/C12H8ClIN4/c1-7-15-10(13)6-11-16-17-12(18(7)11)8-4-2-3-5-9(8)14/h2-6H,1H3. The van der Waals surface area contributed by atoms with Crippen LogP contribution < -0.4 is 0 Å². The lowest BCUT2D eigenvalue weighted by molar-refractivity contribution is 0.987. The number of nitrogens with zero attached hydrogens (tertiary/aromatic N) is 4. The Labute approximate surface area is 122 Å². The third kappa shape index (κ3) is 1.87. The summed E-state index contributed by atoms with van der Waals surface area (Å²) in [4.78, 5) is 4.24. The molecule has 2 aromatic heterocycles. The van der Waals surface area contributed by atoms with Crippen LogP contribution in [0.1, 0.15) is 5.82 Å². The van der Waals surface area contributed by atoms with E-state index in [-0.39, 0.29) is 0 Å². The Bertz CT molecular complexity index is 738. The molecule has 1 aromatic carbocycles. The van der Waals surface area contributed by atoms with Gasteiger partial charge in [-0.25, -0.2) is 4.98 Å². The van der Waals surface area contributed by atoms with Crippen molar-refractivity contribution in [2.75, 3.05) is 0 Å². The largest absolute Gasteiger partial charge is 0.263 e. The van der Waals surface area contributed by atoms with Crippen LogP contribution >= 0.6 is 34.2 Å². The zero-order valence-electron chi connectivity index (χ0n) is 9.43. The average molecular weight is 371 g/mol. The molecule has 6 heteroatoms. The van der Waals surface area contributed by atoms with E-state index in [4.69, 9.17) is 11.6 Å². The highest BCUT2D eigenvalue weighted by molar-refractivity contribution is 14.1. The molecule has 0 amide bonds. The predicted octanol–water partition coefficient (Wildman–Crippen LogP) is 3.36. The van der Waals surface area contributed by atoms with E-state index in [1.807, 2.05) is 35.6 Å². The lowest BCUT2D eigenvalue weighted by Gasteiger charge is -2.05. The van der Waals surface area contributed by atoms with Crippen molar-refractivity contribution in [2.45, 2.75) is 6.92 Å². The van der Waals surface area contributed by atoms with Crippen LogP contribution in [0.5, 0.6) is 0 Å². The Morgan fingerprint density at radius 2 is 2.00 bits per heavy atom. The smallest absolute Gasteiger partial charge is 0.170 e. The van der Waals surface area contributed by atoms with Crippen molar-refractivity contribution < 1.29 is 0 Å². The second-order valence-electron chi connectivity index (χ2n) is 3.82. The lowest BCUT2D eigenvalue weighted by Crippen LogP contribution is -1.98. The van der Waals surface area contributed by atoms with Crippen LogP contribution in [0.2, 0.25) is 5.15 Å². The third-order valence-electron chi connectivity index (χ3n) is 2.64.